The first kappa shape index (κ1) is 20.2. The van der Waals surface area contributed by atoms with Crippen LogP contribution in [-0.4, -0.2) is 33.2 Å². The van der Waals surface area contributed by atoms with E-state index < -0.39 is 10.0 Å². The lowest BCUT2D eigenvalue weighted by Crippen LogP contribution is -2.30. The zero-order valence-corrected chi connectivity index (χ0v) is 17.0. The normalized spacial score (nSPS) is 14.5. The first-order chi connectivity index (χ1) is 13.5. The average Bonchev–Trinajstić information content (AvgIpc) is 2.69. The molecule has 0 spiro atoms. The molecule has 0 aliphatic carbocycles. The van der Waals surface area contributed by atoms with Crippen LogP contribution in [0, 0.1) is 0 Å². The molecule has 1 amide bonds. The van der Waals surface area contributed by atoms with Crippen LogP contribution in [0.4, 0.5) is 17.1 Å². The number of piperidine rings is 1. The summed E-state index contributed by atoms with van der Waals surface area (Å²) >= 11 is 0. The first-order valence-corrected chi connectivity index (χ1v) is 11.4. The van der Waals surface area contributed by atoms with E-state index in [9.17, 15) is 13.2 Å². The van der Waals surface area contributed by atoms with Gasteiger partial charge in [0.05, 0.1) is 17.1 Å². The van der Waals surface area contributed by atoms with E-state index in [0.29, 0.717) is 17.7 Å². The van der Waals surface area contributed by atoms with Crippen molar-refractivity contribution in [3.05, 3.63) is 54.1 Å². The lowest BCUT2D eigenvalue weighted by molar-refractivity contribution is 0.102. The second-order valence-corrected chi connectivity index (χ2v) is 8.86. The van der Waals surface area contributed by atoms with Crippen LogP contribution < -0.4 is 14.9 Å². The predicted molar refractivity (Wildman–Crippen MR) is 115 cm³/mol. The molecule has 0 unspecified atom stereocenters. The molecule has 1 aliphatic heterocycles. The zero-order valence-electron chi connectivity index (χ0n) is 16.1. The van der Waals surface area contributed by atoms with Gasteiger partial charge in [-0.3, -0.25) is 9.52 Å². The van der Waals surface area contributed by atoms with Crippen LogP contribution in [0.1, 0.15) is 43.0 Å². The van der Waals surface area contributed by atoms with Crippen LogP contribution in [0.3, 0.4) is 0 Å². The van der Waals surface area contributed by atoms with Crippen LogP contribution >= 0.6 is 0 Å². The topological polar surface area (TPSA) is 78.5 Å². The number of rotatable bonds is 7. The van der Waals surface area contributed by atoms with Gasteiger partial charge in [-0.05, 0) is 56.0 Å². The second-order valence-electron chi connectivity index (χ2n) is 7.02. The lowest BCUT2D eigenvalue weighted by Gasteiger charge is -2.30. The SMILES string of the molecule is CCCS(=O)(=O)Nc1cccc(C(=O)Nc2ccccc2N2CCCCC2)c1. The van der Waals surface area contributed by atoms with E-state index in [-0.39, 0.29) is 11.7 Å². The van der Waals surface area contributed by atoms with Gasteiger partial charge in [-0.1, -0.05) is 25.1 Å². The fourth-order valence-corrected chi connectivity index (χ4v) is 4.53. The van der Waals surface area contributed by atoms with E-state index in [1.54, 1.807) is 24.3 Å². The molecule has 7 heteroatoms. The lowest BCUT2D eigenvalue weighted by atomic mass is 10.1. The molecule has 1 aliphatic rings. The van der Waals surface area contributed by atoms with Gasteiger partial charge in [-0.2, -0.15) is 0 Å². The molecule has 0 atom stereocenters. The maximum Gasteiger partial charge on any atom is 0.255 e. The van der Waals surface area contributed by atoms with Crippen molar-refractivity contribution in [2.75, 3.05) is 33.8 Å². The first-order valence-electron chi connectivity index (χ1n) is 9.74. The Labute approximate surface area is 167 Å². The second kappa shape index (κ2) is 9.10. The number of para-hydroxylation sites is 2. The van der Waals surface area contributed by atoms with Crippen molar-refractivity contribution in [1.82, 2.24) is 0 Å². The van der Waals surface area contributed by atoms with E-state index in [1.165, 1.54) is 6.42 Å². The fourth-order valence-electron chi connectivity index (χ4n) is 3.41. The zero-order chi connectivity index (χ0) is 20.0. The van der Waals surface area contributed by atoms with E-state index in [4.69, 9.17) is 0 Å². The van der Waals surface area contributed by atoms with Gasteiger partial charge in [0.15, 0.2) is 0 Å². The molecule has 2 N–H and O–H groups in total. The van der Waals surface area contributed by atoms with Crippen molar-refractivity contribution >= 4 is 33.0 Å². The Balaban J connectivity index is 1.76. The third-order valence-corrected chi connectivity index (χ3v) is 6.21. The van der Waals surface area contributed by atoms with E-state index in [2.05, 4.69) is 14.9 Å². The highest BCUT2D eigenvalue weighted by Gasteiger charge is 2.16. The molecule has 2 aromatic carbocycles. The monoisotopic (exact) mass is 401 g/mol. The average molecular weight is 402 g/mol. The minimum absolute atomic E-state index is 0.0482. The largest absolute Gasteiger partial charge is 0.370 e. The number of benzene rings is 2. The van der Waals surface area contributed by atoms with Crippen molar-refractivity contribution in [3.63, 3.8) is 0 Å². The summed E-state index contributed by atoms with van der Waals surface area (Å²) in [5.74, 6) is -0.215. The maximum atomic E-state index is 12.8. The van der Waals surface area contributed by atoms with E-state index in [0.717, 1.165) is 37.3 Å². The van der Waals surface area contributed by atoms with E-state index >= 15 is 0 Å². The molecule has 1 heterocycles. The van der Waals surface area contributed by atoms with Crippen LogP contribution in [0.15, 0.2) is 48.5 Å². The molecule has 150 valence electrons. The summed E-state index contributed by atoms with van der Waals surface area (Å²) < 4.78 is 26.5. The Morgan fingerprint density at radius 3 is 2.54 bits per heavy atom. The number of hydrogen-bond donors (Lipinski definition) is 2. The van der Waals surface area contributed by atoms with Crippen molar-refractivity contribution < 1.29 is 13.2 Å². The summed E-state index contributed by atoms with van der Waals surface area (Å²) in [6.45, 7) is 3.78. The van der Waals surface area contributed by atoms with Gasteiger partial charge in [0.1, 0.15) is 0 Å². The molecule has 3 rings (SSSR count). The Kier molecular flexibility index (Phi) is 6.57. The number of anilines is 3. The van der Waals surface area contributed by atoms with Crippen molar-refractivity contribution in [3.8, 4) is 0 Å². The number of carbonyl (C=O) groups excluding carboxylic acids is 1. The molecule has 6 nitrogen and oxygen atoms in total. The summed E-state index contributed by atoms with van der Waals surface area (Å²) in [5, 5.41) is 2.98. The third-order valence-electron chi connectivity index (χ3n) is 4.72. The number of hydrogen-bond acceptors (Lipinski definition) is 4. The smallest absolute Gasteiger partial charge is 0.255 e. The maximum absolute atomic E-state index is 12.8. The number of sulfonamides is 1. The highest BCUT2D eigenvalue weighted by Crippen LogP contribution is 2.28. The Morgan fingerprint density at radius 1 is 1.04 bits per heavy atom. The van der Waals surface area contributed by atoms with Gasteiger partial charge in [-0.25, -0.2) is 8.42 Å². The predicted octanol–water partition coefficient (Wildman–Crippen LogP) is 4.08. The summed E-state index contributed by atoms with van der Waals surface area (Å²) in [7, 11) is -3.40. The highest BCUT2D eigenvalue weighted by molar-refractivity contribution is 7.92. The molecular formula is C21H27N3O3S. The molecule has 2 aromatic rings. The van der Waals surface area contributed by atoms with Crippen LogP contribution in [0.2, 0.25) is 0 Å². The van der Waals surface area contributed by atoms with Gasteiger partial charge in [0, 0.05) is 24.3 Å². The minimum atomic E-state index is -3.40. The van der Waals surface area contributed by atoms with Crippen molar-refractivity contribution in [2.45, 2.75) is 32.6 Å². The number of carbonyl (C=O) groups is 1. The van der Waals surface area contributed by atoms with Gasteiger partial charge in [-0.15, -0.1) is 0 Å². The quantitative estimate of drug-likeness (QED) is 0.733. The summed E-state index contributed by atoms with van der Waals surface area (Å²) in [4.78, 5) is 15.1. The fraction of sp³-hybridized carbons (Fsp3) is 0.381. The van der Waals surface area contributed by atoms with Crippen molar-refractivity contribution in [2.24, 2.45) is 0 Å². The Morgan fingerprint density at radius 2 is 1.79 bits per heavy atom. The molecule has 1 saturated heterocycles. The van der Waals surface area contributed by atoms with Gasteiger partial charge < -0.3 is 10.2 Å². The minimum Gasteiger partial charge on any atom is -0.370 e. The summed E-state index contributed by atoms with van der Waals surface area (Å²) in [6.07, 6.45) is 4.08. The van der Waals surface area contributed by atoms with E-state index in [1.807, 2.05) is 31.2 Å². The number of nitrogens with one attached hydrogen (secondary N) is 2. The summed E-state index contributed by atoms with van der Waals surface area (Å²) in [6, 6.07) is 14.4. The molecule has 1 fully saturated rings. The standard InChI is InChI=1S/C21H27N3O3S/c1-2-15-28(26,27)23-18-10-8-9-17(16-18)21(25)22-19-11-4-5-12-20(19)24-13-6-3-7-14-24/h4-5,8-12,16,23H,2-3,6-7,13-15H2,1H3,(H,22,25). The molecule has 0 saturated carbocycles. The molecular weight excluding hydrogens is 374 g/mol. The molecule has 0 bridgehead atoms. The van der Waals surface area contributed by atoms with Crippen LogP contribution in [-0.2, 0) is 10.0 Å². The number of nitrogens with zero attached hydrogens (tertiary/aromatic N) is 1. The van der Waals surface area contributed by atoms with Crippen molar-refractivity contribution in [1.29, 1.82) is 0 Å². The van der Waals surface area contributed by atoms with Crippen LogP contribution in [0.25, 0.3) is 0 Å². The van der Waals surface area contributed by atoms with Gasteiger partial charge in [0.2, 0.25) is 10.0 Å². The third kappa shape index (κ3) is 5.25. The summed E-state index contributed by atoms with van der Waals surface area (Å²) in [5.41, 5.74) is 2.59. The highest BCUT2D eigenvalue weighted by atomic mass is 32.2. The molecule has 0 radical (unpaired) electrons. The Hall–Kier alpha value is -2.54. The number of amides is 1. The van der Waals surface area contributed by atoms with Crippen LogP contribution in [0.5, 0.6) is 0 Å². The van der Waals surface area contributed by atoms with Gasteiger partial charge >= 0.3 is 0 Å². The molecule has 28 heavy (non-hydrogen) atoms. The Bertz CT molecular complexity index is 922. The molecule has 0 aromatic heterocycles. The van der Waals surface area contributed by atoms with Gasteiger partial charge in [0.25, 0.3) is 5.91 Å².